The Labute approximate surface area is 177 Å². The summed E-state index contributed by atoms with van der Waals surface area (Å²) in [6.45, 7) is 5.49. The third-order valence-corrected chi connectivity index (χ3v) is 6.58. The molecule has 0 unspecified atom stereocenters. The van der Waals surface area contributed by atoms with Gasteiger partial charge in [-0.3, -0.25) is 4.79 Å². The Morgan fingerprint density at radius 2 is 1.79 bits per heavy atom. The van der Waals surface area contributed by atoms with Crippen LogP contribution < -0.4 is 14.8 Å². The first-order valence-corrected chi connectivity index (χ1v) is 12.0. The predicted octanol–water partition coefficient (Wildman–Crippen LogP) is 4.44. The summed E-state index contributed by atoms with van der Waals surface area (Å²) in [7, 11) is -2.20. The highest BCUT2D eigenvalue weighted by Gasteiger charge is 2.23. The van der Waals surface area contributed by atoms with Crippen molar-refractivity contribution >= 4 is 33.4 Å². The number of benzene rings is 2. The zero-order chi connectivity index (χ0) is 21.6. The molecule has 2 rings (SSSR count). The van der Waals surface area contributed by atoms with E-state index in [4.69, 9.17) is 4.74 Å². The van der Waals surface area contributed by atoms with E-state index in [0.29, 0.717) is 23.8 Å². The second-order valence-electron chi connectivity index (χ2n) is 7.12. The van der Waals surface area contributed by atoms with Crippen molar-refractivity contribution in [3.63, 3.8) is 0 Å². The Balaban J connectivity index is 2.37. The summed E-state index contributed by atoms with van der Waals surface area (Å²) < 4.78 is 34.2. The van der Waals surface area contributed by atoms with E-state index in [1.54, 1.807) is 19.2 Å². The molecule has 6 nitrogen and oxygen atoms in total. The molecule has 0 saturated carbocycles. The van der Waals surface area contributed by atoms with Crippen LogP contribution in [0.4, 0.5) is 5.69 Å². The van der Waals surface area contributed by atoms with Gasteiger partial charge < -0.3 is 10.1 Å². The fraction of sp³-hybridized carbons (Fsp3) is 0.381. The van der Waals surface area contributed by atoms with Crippen LogP contribution in [0.3, 0.4) is 0 Å². The molecule has 0 aromatic heterocycles. The molecule has 0 radical (unpaired) electrons. The minimum atomic E-state index is -3.79. The highest BCUT2D eigenvalue weighted by molar-refractivity contribution is 7.98. The topological polar surface area (TPSA) is 84.5 Å². The number of rotatable bonds is 9. The summed E-state index contributed by atoms with van der Waals surface area (Å²) >= 11 is 1.44. The minimum Gasteiger partial charge on any atom is -0.497 e. The molecule has 0 fully saturated rings. The summed E-state index contributed by atoms with van der Waals surface area (Å²) in [5, 5.41) is 2.70. The molecule has 2 aromatic rings. The molecule has 8 heteroatoms. The molecule has 158 valence electrons. The average Bonchev–Trinajstić information content (AvgIpc) is 2.66. The van der Waals surface area contributed by atoms with Crippen molar-refractivity contribution in [2.45, 2.75) is 43.0 Å². The van der Waals surface area contributed by atoms with Gasteiger partial charge in [0.2, 0.25) is 15.9 Å². The van der Waals surface area contributed by atoms with E-state index >= 15 is 0 Å². The number of methoxy groups -OCH3 is 1. The van der Waals surface area contributed by atoms with E-state index in [2.05, 4.69) is 10.0 Å². The van der Waals surface area contributed by atoms with Crippen LogP contribution in [0.25, 0.3) is 0 Å². The molecular weight excluding hydrogens is 408 g/mol. The summed E-state index contributed by atoms with van der Waals surface area (Å²) in [5.74, 6) is 0.754. The Bertz CT molecular complexity index is 942. The van der Waals surface area contributed by atoms with Gasteiger partial charge in [-0.05, 0) is 54.5 Å². The molecule has 1 atom stereocenters. The number of ether oxygens (including phenoxy) is 1. The Morgan fingerprint density at radius 3 is 2.31 bits per heavy atom. The number of thioether (sulfide) groups is 1. The molecule has 2 aromatic carbocycles. The number of hydrogen-bond acceptors (Lipinski definition) is 5. The van der Waals surface area contributed by atoms with Crippen LogP contribution in [0.5, 0.6) is 5.75 Å². The molecule has 0 aliphatic rings. The van der Waals surface area contributed by atoms with Crippen LogP contribution in [-0.4, -0.2) is 27.7 Å². The third kappa shape index (κ3) is 6.48. The first-order chi connectivity index (χ1) is 13.7. The maximum absolute atomic E-state index is 13.1. The van der Waals surface area contributed by atoms with Gasteiger partial charge in [0.15, 0.2) is 0 Å². The Kier molecular flexibility index (Phi) is 8.13. The van der Waals surface area contributed by atoms with Crippen LogP contribution in [0.1, 0.15) is 38.8 Å². The molecule has 0 saturated heterocycles. The average molecular weight is 437 g/mol. The third-order valence-electron chi connectivity index (χ3n) is 4.31. The smallest absolute Gasteiger partial charge is 0.241 e. The van der Waals surface area contributed by atoms with Crippen molar-refractivity contribution in [3.8, 4) is 5.75 Å². The lowest BCUT2D eigenvalue weighted by molar-refractivity contribution is -0.114. The molecule has 0 bridgehead atoms. The lowest BCUT2D eigenvalue weighted by Crippen LogP contribution is -2.29. The fourth-order valence-corrected chi connectivity index (χ4v) is 4.75. The quantitative estimate of drug-likeness (QED) is 0.568. The summed E-state index contributed by atoms with van der Waals surface area (Å²) in [6.07, 6.45) is 2.52. The highest BCUT2D eigenvalue weighted by atomic mass is 32.2. The van der Waals surface area contributed by atoms with Crippen LogP contribution >= 0.6 is 11.8 Å². The molecule has 0 aliphatic heterocycles. The van der Waals surface area contributed by atoms with E-state index in [1.165, 1.54) is 24.8 Å². The molecular formula is C21H28N2O4S2. The molecule has 0 aliphatic carbocycles. The van der Waals surface area contributed by atoms with Crippen molar-refractivity contribution in [1.82, 2.24) is 4.72 Å². The number of carbonyl (C=O) groups excluding carboxylic acids is 1. The van der Waals surface area contributed by atoms with Gasteiger partial charge >= 0.3 is 0 Å². The monoisotopic (exact) mass is 436 g/mol. The zero-order valence-electron chi connectivity index (χ0n) is 17.4. The van der Waals surface area contributed by atoms with Crippen molar-refractivity contribution in [2.24, 2.45) is 5.92 Å². The number of carbonyl (C=O) groups is 1. The lowest BCUT2D eigenvalue weighted by atomic mass is 9.98. The first kappa shape index (κ1) is 23.3. The molecule has 1 amide bonds. The Morgan fingerprint density at radius 1 is 1.14 bits per heavy atom. The predicted molar refractivity (Wildman–Crippen MR) is 118 cm³/mol. The molecule has 0 heterocycles. The molecule has 2 N–H and O–H groups in total. The SMILES string of the molecule is COc1ccc([C@H](CC(C)C)NS(=O)(=O)c2ccc(SC)c(NC(C)=O)c2)cc1. The van der Waals surface area contributed by atoms with Crippen LogP contribution in [0.15, 0.2) is 52.3 Å². The van der Waals surface area contributed by atoms with Gasteiger partial charge in [0, 0.05) is 17.9 Å². The molecule has 29 heavy (non-hydrogen) atoms. The van der Waals surface area contributed by atoms with Crippen molar-refractivity contribution in [2.75, 3.05) is 18.7 Å². The van der Waals surface area contributed by atoms with Gasteiger partial charge in [0.1, 0.15) is 5.75 Å². The largest absolute Gasteiger partial charge is 0.497 e. The van der Waals surface area contributed by atoms with E-state index in [9.17, 15) is 13.2 Å². The highest BCUT2D eigenvalue weighted by Crippen LogP contribution is 2.30. The number of hydrogen-bond donors (Lipinski definition) is 2. The van der Waals surface area contributed by atoms with E-state index in [0.717, 1.165) is 10.5 Å². The van der Waals surface area contributed by atoms with E-state index in [1.807, 2.05) is 44.4 Å². The van der Waals surface area contributed by atoms with Crippen molar-refractivity contribution in [3.05, 3.63) is 48.0 Å². The summed E-state index contributed by atoms with van der Waals surface area (Å²) in [5.41, 5.74) is 1.35. The summed E-state index contributed by atoms with van der Waals surface area (Å²) in [4.78, 5) is 12.4. The Hall–Kier alpha value is -2.03. The summed E-state index contributed by atoms with van der Waals surface area (Å²) in [6, 6.07) is 11.8. The zero-order valence-corrected chi connectivity index (χ0v) is 19.0. The van der Waals surface area contributed by atoms with Gasteiger partial charge in [0.25, 0.3) is 0 Å². The van der Waals surface area contributed by atoms with E-state index < -0.39 is 10.0 Å². The number of sulfonamides is 1. The maximum atomic E-state index is 13.1. The number of nitrogens with one attached hydrogen (secondary N) is 2. The van der Waals surface area contributed by atoms with Gasteiger partial charge in [-0.15, -0.1) is 11.8 Å². The van der Waals surface area contributed by atoms with Gasteiger partial charge in [0.05, 0.1) is 17.7 Å². The second-order valence-corrected chi connectivity index (χ2v) is 9.68. The van der Waals surface area contributed by atoms with Crippen LogP contribution in [-0.2, 0) is 14.8 Å². The van der Waals surface area contributed by atoms with Crippen molar-refractivity contribution in [1.29, 1.82) is 0 Å². The number of anilines is 1. The second kappa shape index (κ2) is 10.1. The van der Waals surface area contributed by atoms with E-state index in [-0.39, 0.29) is 16.8 Å². The number of amides is 1. The normalized spacial score (nSPS) is 12.6. The van der Waals surface area contributed by atoms with Crippen LogP contribution in [0.2, 0.25) is 0 Å². The lowest BCUT2D eigenvalue weighted by Gasteiger charge is -2.22. The fourth-order valence-electron chi connectivity index (χ4n) is 2.96. The standard InChI is InChI=1S/C21H28N2O4S2/c1-14(2)12-19(16-6-8-17(27-4)9-7-16)23-29(25,26)18-10-11-21(28-5)20(13-18)22-15(3)24/h6-11,13-14,19,23H,12H2,1-5H3,(H,22,24)/t19-/m0/s1. The van der Waals surface area contributed by atoms with Crippen molar-refractivity contribution < 1.29 is 17.9 Å². The maximum Gasteiger partial charge on any atom is 0.241 e. The van der Waals surface area contributed by atoms with Gasteiger partial charge in [-0.2, -0.15) is 0 Å². The van der Waals surface area contributed by atoms with Crippen LogP contribution in [0, 0.1) is 5.92 Å². The van der Waals surface area contributed by atoms with Gasteiger partial charge in [-0.25, -0.2) is 13.1 Å². The first-order valence-electron chi connectivity index (χ1n) is 9.28. The van der Waals surface area contributed by atoms with Gasteiger partial charge in [-0.1, -0.05) is 26.0 Å². The molecule has 0 spiro atoms. The minimum absolute atomic E-state index is 0.112.